The van der Waals surface area contributed by atoms with E-state index in [1.54, 1.807) is 0 Å². The number of esters is 1. The van der Waals surface area contributed by atoms with Gasteiger partial charge in [-0.3, -0.25) is 0 Å². The Balaban J connectivity index is 2.50. The maximum absolute atomic E-state index is 12.8. The number of hydrogen-bond acceptors (Lipinski definition) is 2. The van der Waals surface area contributed by atoms with Gasteiger partial charge in [-0.25, -0.2) is 4.79 Å². The van der Waals surface area contributed by atoms with Crippen molar-refractivity contribution in [2.45, 2.75) is 156 Å². The SMILES string of the molecule is CCCCCCCCCCC(C)(CCCCCCCC)COC(=O)c1ccc(CCCCC)cc1. The standard InChI is InChI=1S/C33H58O2/c1-5-8-11-13-15-16-18-21-28-33(4,27-20-17-14-12-9-6-2)29-35-32(34)31-25-23-30(24-26-31)22-19-10-7-3/h23-26H,5-22,27-29H2,1-4H3. The Morgan fingerprint density at radius 3 is 1.54 bits per heavy atom. The minimum Gasteiger partial charge on any atom is -0.462 e. The number of hydrogen-bond donors (Lipinski definition) is 0. The monoisotopic (exact) mass is 486 g/mol. The van der Waals surface area contributed by atoms with E-state index in [9.17, 15) is 4.79 Å². The number of aryl methyl sites for hydroxylation is 1. The lowest BCUT2D eigenvalue weighted by Crippen LogP contribution is -2.25. The Morgan fingerprint density at radius 1 is 0.629 bits per heavy atom. The van der Waals surface area contributed by atoms with Gasteiger partial charge in [0.05, 0.1) is 12.2 Å². The summed E-state index contributed by atoms with van der Waals surface area (Å²) in [6, 6.07) is 8.10. The summed E-state index contributed by atoms with van der Waals surface area (Å²) in [6.07, 6.45) is 25.8. The van der Waals surface area contributed by atoms with Crippen molar-refractivity contribution < 1.29 is 9.53 Å². The highest BCUT2D eigenvalue weighted by Gasteiger charge is 2.26. The summed E-state index contributed by atoms with van der Waals surface area (Å²) in [5.74, 6) is -0.157. The van der Waals surface area contributed by atoms with Gasteiger partial charge in [-0.1, -0.05) is 143 Å². The second-order valence-electron chi connectivity index (χ2n) is 11.3. The molecule has 0 amide bonds. The molecule has 2 heteroatoms. The number of carbonyl (C=O) groups excluding carboxylic acids is 1. The molecule has 0 heterocycles. The minimum absolute atomic E-state index is 0.0999. The van der Waals surface area contributed by atoms with E-state index in [2.05, 4.69) is 39.8 Å². The van der Waals surface area contributed by atoms with Crippen LogP contribution in [0.3, 0.4) is 0 Å². The van der Waals surface area contributed by atoms with Gasteiger partial charge in [0, 0.05) is 5.41 Å². The van der Waals surface area contributed by atoms with Gasteiger partial charge < -0.3 is 4.74 Å². The molecule has 0 bridgehead atoms. The molecule has 0 radical (unpaired) electrons. The van der Waals surface area contributed by atoms with E-state index in [0.29, 0.717) is 12.2 Å². The Bertz CT molecular complexity index is 620. The van der Waals surface area contributed by atoms with E-state index in [4.69, 9.17) is 4.74 Å². The summed E-state index contributed by atoms with van der Waals surface area (Å²) in [5.41, 5.74) is 2.11. The van der Waals surface area contributed by atoms with Gasteiger partial charge in [-0.2, -0.15) is 0 Å². The van der Waals surface area contributed by atoms with E-state index in [-0.39, 0.29) is 11.4 Å². The Hall–Kier alpha value is -1.31. The molecule has 1 atom stereocenters. The van der Waals surface area contributed by atoms with Crippen LogP contribution in [0.1, 0.15) is 166 Å². The normalized spacial score (nSPS) is 13.0. The predicted molar refractivity (Wildman–Crippen MR) is 153 cm³/mol. The van der Waals surface area contributed by atoms with Gasteiger partial charge in [0.25, 0.3) is 0 Å². The first kappa shape index (κ1) is 31.7. The van der Waals surface area contributed by atoms with E-state index in [0.717, 1.165) is 6.42 Å². The van der Waals surface area contributed by atoms with Gasteiger partial charge in [0.15, 0.2) is 0 Å². The van der Waals surface area contributed by atoms with Crippen LogP contribution >= 0.6 is 0 Å². The topological polar surface area (TPSA) is 26.3 Å². The predicted octanol–water partition coefficient (Wildman–Crippen LogP) is 10.9. The summed E-state index contributed by atoms with van der Waals surface area (Å²) in [5, 5.41) is 0. The molecule has 2 nitrogen and oxygen atoms in total. The number of ether oxygens (including phenoxy) is 1. The third kappa shape index (κ3) is 16.1. The molecule has 1 aromatic rings. The molecule has 1 aromatic carbocycles. The van der Waals surface area contributed by atoms with Crippen LogP contribution in [0.5, 0.6) is 0 Å². The molecular formula is C33H58O2. The zero-order valence-electron chi connectivity index (χ0n) is 24.0. The second-order valence-corrected chi connectivity index (χ2v) is 11.3. The van der Waals surface area contributed by atoms with Crippen molar-refractivity contribution in [2.24, 2.45) is 5.41 Å². The summed E-state index contributed by atoms with van der Waals surface area (Å²) in [7, 11) is 0. The van der Waals surface area contributed by atoms with Crippen molar-refractivity contribution in [1.29, 1.82) is 0 Å². The average Bonchev–Trinajstić information content (AvgIpc) is 2.87. The quantitative estimate of drug-likeness (QED) is 0.113. The Morgan fingerprint density at radius 2 is 1.06 bits per heavy atom. The van der Waals surface area contributed by atoms with Crippen LogP contribution in [0, 0.1) is 5.41 Å². The molecule has 0 aliphatic carbocycles. The third-order valence-electron chi connectivity index (χ3n) is 7.58. The fourth-order valence-corrected chi connectivity index (χ4v) is 5.00. The van der Waals surface area contributed by atoms with Crippen LogP contribution in [0.25, 0.3) is 0 Å². The number of unbranched alkanes of at least 4 members (excludes halogenated alkanes) is 14. The largest absolute Gasteiger partial charge is 0.462 e. The summed E-state index contributed by atoms with van der Waals surface area (Å²) in [6.45, 7) is 9.68. The lowest BCUT2D eigenvalue weighted by atomic mass is 9.80. The first-order valence-electron chi connectivity index (χ1n) is 15.3. The molecule has 0 aliphatic rings. The van der Waals surface area contributed by atoms with Crippen molar-refractivity contribution in [1.82, 2.24) is 0 Å². The highest BCUT2D eigenvalue weighted by atomic mass is 16.5. The van der Waals surface area contributed by atoms with Crippen LogP contribution in [-0.2, 0) is 11.2 Å². The first-order valence-corrected chi connectivity index (χ1v) is 15.3. The van der Waals surface area contributed by atoms with Crippen LogP contribution in [0.15, 0.2) is 24.3 Å². The number of carbonyl (C=O) groups is 1. The van der Waals surface area contributed by atoms with E-state index < -0.39 is 0 Å². The molecule has 0 saturated heterocycles. The van der Waals surface area contributed by atoms with Crippen molar-refractivity contribution in [3.8, 4) is 0 Å². The Labute approximate surface area is 219 Å². The van der Waals surface area contributed by atoms with Crippen molar-refractivity contribution >= 4 is 5.97 Å². The van der Waals surface area contributed by atoms with Crippen LogP contribution in [-0.4, -0.2) is 12.6 Å². The van der Waals surface area contributed by atoms with E-state index in [1.807, 2.05) is 12.1 Å². The molecule has 0 fully saturated rings. The maximum Gasteiger partial charge on any atom is 0.338 e. The van der Waals surface area contributed by atoms with Crippen molar-refractivity contribution in [2.75, 3.05) is 6.61 Å². The molecule has 0 aromatic heterocycles. The first-order chi connectivity index (χ1) is 17.0. The zero-order valence-corrected chi connectivity index (χ0v) is 24.0. The molecule has 0 saturated carbocycles. The Kier molecular flexibility index (Phi) is 18.9. The van der Waals surface area contributed by atoms with Crippen LogP contribution < -0.4 is 0 Å². The highest BCUT2D eigenvalue weighted by Crippen LogP contribution is 2.32. The van der Waals surface area contributed by atoms with Gasteiger partial charge in [-0.05, 0) is 43.4 Å². The summed E-state index contributed by atoms with van der Waals surface area (Å²) < 4.78 is 5.91. The fourth-order valence-electron chi connectivity index (χ4n) is 5.00. The summed E-state index contributed by atoms with van der Waals surface area (Å²) in [4.78, 5) is 12.8. The fraction of sp³-hybridized carbons (Fsp3) is 0.788. The van der Waals surface area contributed by atoms with Crippen LogP contribution in [0.4, 0.5) is 0 Å². The van der Waals surface area contributed by atoms with E-state index >= 15 is 0 Å². The smallest absolute Gasteiger partial charge is 0.338 e. The molecule has 0 spiro atoms. The van der Waals surface area contributed by atoms with Crippen molar-refractivity contribution in [3.05, 3.63) is 35.4 Å². The van der Waals surface area contributed by atoms with Crippen molar-refractivity contribution in [3.63, 3.8) is 0 Å². The number of benzene rings is 1. The van der Waals surface area contributed by atoms with Gasteiger partial charge in [0.2, 0.25) is 0 Å². The molecule has 1 unspecified atom stereocenters. The molecule has 0 N–H and O–H groups in total. The summed E-state index contributed by atoms with van der Waals surface area (Å²) >= 11 is 0. The second kappa shape index (κ2) is 20.8. The lowest BCUT2D eigenvalue weighted by molar-refractivity contribution is 0.0264. The highest BCUT2D eigenvalue weighted by molar-refractivity contribution is 5.89. The average molecular weight is 487 g/mol. The van der Waals surface area contributed by atoms with Gasteiger partial charge in [0.1, 0.15) is 0 Å². The molecule has 0 aliphatic heterocycles. The lowest BCUT2D eigenvalue weighted by Gasteiger charge is -2.29. The van der Waals surface area contributed by atoms with E-state index in [1.165, 1.54) is 128 Å². The minimum atomic E-state index is -0.157. The molecular weight excluding hydrogens is 428 g/mol. The third-order valence-corrected chi connectivity index (χ3v) is 7.58. The number of rotatable bonds is 23. The van der Waals surface area contributed by atoms with Gasteiger partial charge in [-0.15, -0.1) is 0 Å². The van der Waals surface area contributed by atoms with Gasteiger partial charge >= 0.3 is 5.97 Å². The molecule has 35 heavy (non-hydrogen) atoms. The molecule has 1 rings (SSSR count). The zero-order chi connectivity index (χ0) is 25.6. The molecule has 202 valence electrons. The maximum atomic E-state index is 12.8. The van der Waals surface area contributed by atoms with Crippen LogP contribution in [0.2, 0.25) is 0 Å².